The molecule has 6 aromatic rings. The van der Waals surface area contributed by atoms with Gasteiger partial charge in [-0.2, -0.15) is 0 Å². The van der Waals surface area contributed by atoms with Gasteiger partial charge in [0.2, 0.25) is 0 Å². The monoisotopic (exact) mass is 848 g/mol. The van der Waals surface area contributed by atoms with E-state index in [9.17, 15) is 25.9 Å². The molecule has 0 amide bonds. The summed E-state index contributed by atoms with van der Waals surface area (Å²) in [6.07, 6.45) is 0. The zero-order valence-electron chi connectivity index (χ0n) is 27.3. The topological polar surface area (TPSA) is 133 Å². The number of hydrogen-bond donors (Lipinski definition) is 0. The molecule has 0 fully saturated rings. The smallest absolute Gasteiger partial charge is 0.744 e. The molecule has 0 heterocycles. The number of para-hydroxylation sites is 2. The SMILES string of the molecule is COc1ccccc1P(c1ccccc1)c1ccccc1S(=O)(=O)[O-].COc1ccccc1P(c1ccccc1)c1ccccc1S(=O)(=O)[O-].[Pd+2]. The molecule has 0 spiro atoms. The first-order valence-corrected chi connectivity index (χ1v) is 20.6. The van der Waals surface area contributed by atoms with Gasteiger partial charge >= 0.3 is 20.4 Å². The minimum atomic E-state index is -4.59. The van der Waals surface area contributed by atoms with Crippen molar-refractivity contribution >= 4 is 67.9 Å². The van der Waals surface area contributed by atoms with Gasteiger partial charge in [0, 0.05) is 21.2 Å². The molecular weight excluding hydrogens is 817 g/mol. The van der Waals surface area contributed by atoms with E-state index in [-0.39, 0.29) is 30.2 Å². The number of rotatable bonds is 10. The predicted molar refractivity (Wildman–Crippen MR) is 199 cm³/mol. The van der Waals surface area contributed by atoms with Crippen LogP contribution in [-0.2, 0) is 40.7 Å². The summed E-state index contributed by atoms with van der Waals surface area (Å²) >= 11 is 0. The van der Waals surface area contributed by atoms with Crippen molar-refractivity contribution in [2.24, 2.45) is 0 Å². The van der Waals surface area contributed by atoms with Crippen molar-refractivity contribution in [3.8, 4) is 11.5 Å². The summed E-state index contributed by atoms with van der Waals surface area (Å²) in [6, 6.07) is 46.9. The quantitative estimate of drug-likeness (QED) is 0.110. The molecule has 264 valence electrons. The van der Waals surface area contributed by atoms with E-state index >= 15 is 0 Å². The van der Waals surface area contributed by atoms with E-state index in [1.165, 1.54) is 12.1 Å². The Morgan fingerprint density at radius 2 is 0.686 bits per heavy atom. The normalized spacial score (nSPS) is 12.3. The summed E-state index contributed by atoms with van der Waals surface area (Å²) in [7, 11) is -8.55. The van der Waals surface area contributed by atoms with E-state index in [4.69, 9.17) is 9.47 Å². The molecule has 0 N–H and O–H groups in total. The molecule has 0 aliphatic heterocycles. The Balaban J connectivity index is 0.000000224. The van der Waals surface area contributed by atoms with Crippen LogP contribution in [0.2, 0.25) is 0 Å². The maximum atomic E-state index is 11.8. The van der Waals surface area contributed by atoms with Crippen molar-refractivity contribution < 1.29 is 55.8 Å². The molecule has 0 aromatic heterocycles. The van der Waals surface area contributed by atoms with Crippen LogP contribution in [-0.4, -0.2) is 40.2 Å². The van der Waals surface area contributed by atoms with E-state index in [1.54, 1.807) is 50.6 Å². The van der Waals surface area contributed by atoms with Crippen LogP contribution in [0, 0.1) is 0 Å². The molecule has 0 radical (unpaired) electrons. The van der Waals surface area contributed by atoms with Crippen LogP contribution < -0.4 is 41.3 Å². The minimum absolute atomic E-state index is 0. The Hall–Kier alpha value is -3.74. The third-order valence-electron chi connectivity index (χ3n) is 7.43. The first-order valence-electron chi connectivity index (χ1n) is 15.1. The molecule has 2 atom stereocenters. The Bertz CT molecular complexity index is 2110. The summed E-state index contributed by atoms with van der Waals surface area (Å²) in [6.45, 7) is 0. The van der Waals surface area contributed by atoms with Gasteiger partial charge in [-0.05, 0) is 50.7 Å². The second-order valence-corrected chi connectivity index (χ2v) is 17.5. The molecule has 6 rings (SSSR count). The Labute approximate surface area is 315 Å². The summed E-state index contributed by atoms with van der Waals surface area (Å²) in [4.78, 5) is -0.369. The van der Waals surface area contributed by atoms with E-state index in [2.05, 4.69) is 0 Å². The first kappa shape index (κ1) is 40.0. The zero-order valence-corrected chi connectivity index (χ0v) is 32.3. The number of hydrogen-bond acceptors (Lipinski definition) is 8. The van der Waals surface area contributed by atoms with Crippen LogP contribution in [0.15, 0.2) is 168 Å². The van der Waals surface area contributed by atoms with Gasteiger partial charge in [-0.3, -0.25) is 0 Å². The summed E-state index contributed by atoms with van der Waals surface area (Å²) in [5, 5.41) is 4.62. The molecule has 8 nitrogen and oxygen atoms in total. The fourth-order valence-corrected chi connectivity index (χ4v) is 12.5. The van der Waals surface area contributed by atoms with Crippen LogP contribution in [0.5, 0.6) is 11.5 Å². The van der Waals surface area contributed by atoms with Crippen molar-refractivity contribution in [3.63, 3.8) is 0 Å². The van der Waals surface area contributed by atoms with Crippen LogP contribution in [0.4, 0.5) is 0 Å². The molecule has 0 saturated carbocycles. The van der Waals surface area contributed by atoms with E-state index in [0.29, 0.717) is 22.1 Å². The van der Waals surface area contributed by atoms with Gasteiger partial charge < -0.3 is 18.6 Å². The molecule has 0 aliphatic carbocycles. The summed E-state index contributed by atoms with van der Waals surface area (Å²) in [5.74, 6) is 1.33. The van der Waals surface area contributed by atoms with Crippen molar-refractivity contribution in [1.29, 1.82) is 0 Å². The fraction of sp³-hybridized carbons (Fsp3) is 0.0526. The minimum Gasteiger partial charge on any atom is -0.744 e. The van der Waals surface area contributed by atoms with Crippen molar-refractivity contribution in [3.05, 3.63) is 158 Å². The predicted octanol–water partition coefficient (Wildman–Crippen LogP) is 4.71. The van der Waals surface area contributed by atoms with E-state index in [1.807, 2.05) is 109 Å². The molecule has 0 aliphatic rings. The van der Waals surface area contributed by atoms with Crippen LogP contribution in [0.3, 0.4) is 0 Å². The average molecular weight is 849 g/mol. The Morgan fingerprint density at radius 1 is 0.412 bits per heavy atom. The third-order valence-corrected chi connectivity index (χ3v) is 14.6. The van der Waals surface area contributed by atoms with Crippen LogP contribution in [0.1, 0.15) is 0 Å². The van der Waals surface area contributed by atoms with Gasteiger partial charge in [0.25, 0.3) is 0 Å². The van der Waals surface area contributed by atoms with E-state index in [0.717, 1.165) is 21.2 Å². The van der Waals surface area contributed by atoms with Crippen molar-refractivity contribution in [2.45, 2.75) is 9.79 Å². The Morgan fingerprint density at radius 3 is 1.00 bits per heavy atom. The second kappa shape index (κ2) is 18.2. The Kier molecular flexibility index (Phi) is 14.2. The number of ether oxygens (including phenoxy) is 2. The maximum absolute atomic E-state index is 11.8. The van der Waals surface area contributed by atoms with Gasteiger partial charge in [-0.1, -0.05) is 133 Å². The standard InChI is InChI=1S/2C19H17O4PS.Pd/c2*1-23-16-11-5-6-12-17(16)24(15-9-3-2-4-10-15)18-13-7-8-14-19(18)25(20,21)22;/h2*2-14H,1H3,(H,20,21,22);/q;;+2/p-2. The molecule has 2 unspecified atom stereocenters. The van der Waals surface area contributed by atoms with Crippen molar-refractivity contribution in [2.75, 3.05) is 14.2 Å². The zero-order chi connectivity index (χ0) is 35.7. The van der Waals surface area contributed by atoms with E-state index < -0.39 is 36.1 Å². The molecule has 0 saturated heterocycles. The molecule has 13 heteroatoms. The molecule has 6 aromatic carbocycles. The maximum Gasteiger partial charge on any atom is 2.00 e. The van der Waals surface area contributed by atoms with Gasteiger partial charge in [0.15, 0.2) is 0 Å². The van der Waals surface area contributed by atoms with Crippen molar-refractivity contribution in [1.82, 2.24) is 0 Å². The van der Waals surface area contributed by atoms with Crippen LogP contribution in [0.25, 0.3) is 0 Å². The van der Waals surface area contributed by atoms with Gasteiger partial charge in [0.1, 0.15) is 31.7 Å². The summed E-state index contributed by atoms with van der Waals surface area (Å²) < 4.78 is 81.8. The number of methoxy groups -OCH3 is 2. The molecular formula is C38H32O8P2PdS2. The van der Waals surface area contributed by atoms with Gasteiger partial charge in [-0.15, -0.1) is 0 Å². The molecule has 0 bridgehead atoms. The average Bonchev–Trinajstić information content (AvgIpc) is 3.13. The molecule has 51 heavy (non-hydrogen) atoms. The van der Waals surface area contributed by atoms with Gasteiger partial charge in [-0.25, -0.2) is 16.8 Å². The first-order chi connectivity index (χ1) is 24.0. The largest absolute Gasteiger partial charge is 2.00 e. The fourth-order valence-electron chi connectivity index (χ4n) is 5.31. The third kappa shape index (κ3) is 9.78. The number of benzene rings is 6. The summed E-state index contributed by atoms with van der Waals surface area (Å²) in [5.41, 5.74) is 0. The van der Waals surface area contributed by atoms with Gasteiger partial charge in [0.05, 0.1) is 24.0 Å². The second-order valence-electron chi connectivity index (χ2n) is 10.5. The van der Waals surface area contributed by atoms with Crippen LogP contribution >= 0.6 is 15.8 Å².